The highest BCUT2D eigenvalue weighted by Crippen LogP contribution is 2.19. The van der Waals surface area contributed by atoms with Gasteiger partial charge < -0.3 is 5.73 Å². The number of nitrogens with two attached hydrogens (primary N) is 1. The Balaban J connectivity index is 3.35. The summed E-state index contributed by atoms with van der Waals surface area (Å²) in [6, 6.07) is 5.70. The molecule has 56 valence electrons. The van der Waals surface area contributed by atoms with Gasteiger partial charge in [-0.2, -0.15) is 5.26 Å². The average Bonchev–Trinajstić information content (AvgIpc) is 1.97. The fourth-order valence-electron chi connectivity index (χ4n) is 0.810. The number of nitriles is 1. The minimum Gasteiger partial charge on any atom is -0.398 e. The van der Waals surface area contributed by atoms with Gasteiger partial charge in [0.2, 0.25) is 0 Å². The molecule has 3 heteroatoms. The first kappa shape index (κ1) is 8.34. The Labute approximate surface area is 79.2 Å². The Morgan fingerprint density at radius 1 is 1.55 bits per heavy atom. The summed E-state index contributed by atoms with van der Waals surface area (Å²) in [5, 5.41) is 8.63. The van der Waals surface area contributed by atoms with Crippen LogP contribution in [0.2, 0.25) is 0 Å². The SMILES string of the molecule is Cc1cc(I)c(N)cc1C#N. The van der Waals surface area contributed by atoms with Gasteiger partial charge in [0.05, 0.1) is 11.6 Å². The van der Waals surface area contributed by atoms with E-state index < -0.39 is 0 Å². The summed E-state index contributed by atoms with van der Waals surface area (Å²) in [7, 11) is 0. The topological polar surface area (TPSA) is 49.8 Å². The molecule has 0 aliphatic heterocycles. The van der Waals surface area contributed by atoms with E-state index in [-0.39, 0.29) is 0 Å². The zero-order chi connectivity index (χ0) is 8.43. The summed E-state index contributed by atoms with van der Waals surface area (Å²) >= 11 is 2.15. The van der Waals surface area contributed by atoms with Crippen LogP contribution < -0.4 is 5.73 Å². The highest BCUT2D eigenvalue weighted by molar-refractivity contribution is 14.1. The molecule has 0 saturated carbocycles. The van der Waals surface area contributed by atoms with Crippen molar-refractivity contribution in [3.05, 3.63) is 26.8 Å². The van der Waals surface area contributed by atoms with E-state index in [4.69, 9.17) is 11.0 Å². The van der Waals surface area contributed by atoms with Crippen molar-refractivity contribution in [1.82, 2.24) is 0 Å². The van der Waals surface area contributed by atoms with E-state index in [2.05, 4.69) is 28.7 Å². The minimum atomic E-state index is 0.655. The normalized spacial score (nSPS) is 9.18. The molecular formula is C8H7IN2. The maximum atomic E-state index is 8.63. The lowest BCUT2D eigenvalue weighted by Crippen LogP contribution is -1.92. The summed E-state index contributed by atoms with van der Waals surface area (Å²) < 4.78 is 0.999. The summed E-state index contributed by atoms with van der Waals surface area (Å²) in [6.07, 6.45) is 0. The van der Waals surface area contributed by atoms with Crippen LogP contribution >= 0.6 is 22.6 Å². The maximum absolute atomic E-state index is 8.63. The Bertz CT molecular complexity index is 326. The summed E-state index contributed by atoms with van der Waals surface area (Å²) in [5.41, 5.74) is 7.91. The second-order valence-electron chi connectivity index (χ2n) is 2.30. The van der Waals surface area contributed by atoms with Gasteiger partial charge in [-0.1, -0.05) is 0 Å². The van der Waals surface area contributed by atoms with Crippen molar-refractivity contribution in [3.8, 4) is 6.07 Å². The zero-order valence-corrected chi connectivity index (χ0v) is 8.21. The fraction of sp³-hybridized carbons (Fsp3) is 0.125. The molecule has 0 saturated heterocycles. The van der Waals surface area contributed by atoms with Crippen molar-refractivity contribution < 1.29 is 0 Å². The first-order valence-corrected chi connectivity index (χ1v) is 4.18. The highest BCUT2D eigenvalue weighted by Gasteiger charge is 2.00. The summed E-state index contributed by atoms with van der Waals surface area (Å²) in [6.45, 7) is 1.90. The molecule has 0 spiro atoms. The quantitative estimate of drug-likeness (QED) is 0.572. The Morgan fingerprint density at radius 2 is 2.18 bits per heavy atom. The van der Waals surface area contributed by atoms with Crippen molar-refractivity contribution in [2.45, 2.75) is 6.92 Å². The molecule has 11 heavy (non-hydrogen) atoms. The zero-order valence-electron chi connectivity index (χ0n) is 6.06. The number of hydrogen-bond donors (Lipinski definition) is 1. The van der Waals surface area contributed by atoms with E-state index in [0.29, 0.717) is 11.3 Å². The summed E-state index contributed by atoms with van der Waals surface area (Å²) in [5.74, 6) is 0. The molecule has 0 amide bonds. The smallest absolute Gasteiger partial charge is 0.0995 e. The molecule has 0 heterocycles. The molecule has 1 rings (SSSR count). The molecule has 0 aromatic heterocycles. The lowest BCUT2D eigenvalue weighted by Gasteiger charge is -2.00. The molecule has 0 bridgehead atoms. The Morgan fingerprint density at radius 3 is 2.73 bits per heavy atom. The Kier molecular flexibility index (Phi) is 2.35. The monoisotopic (exact) mass is 258 g/mol. The van der Waals surface area contributed by atoms with Gasteiger partial charge in [0.1, 0.15) is 0 Å². The van der Waals surface area contributed by atoms with Crippen LogP contribution in [0.5, 0.6) is 0 Å². The average molecular weight is 258 g/mol. The number of benzene rings is 1. The highest BCUT2D eigenvalue weighted by atomic mass is 127. The Hall–Kier alpha value is -0.760. The predicted molar refractivity (Wildman–Crippen MR) is 53.0 cm³/mol. The van der Waals surface area contributed by atoms with E-state index in [1.165, 1.54) is 0 Å². The number of hydrogen-bond acceptors (Lipinski definition) is 2. The molecule has 0 atom stereocenters. The van der Waals surface area contributed by atoms with E-state index in [0.717, 1.165) is 9.13 Å². The van der Waals surface area contributed by atoms with Gasteiger partial charge >= 0.3 is 0 Å². The van der Waals surface area contributed by atoms with Crippen LogP contribution in [0.25, 0.3) is 0 Å². The van der Waals surface area contributed by atoms with Gasteiger partial charge in [0, 0.05) is 9.26 Å². The van der Waals surface area contributed by atoms with E-state index in [1.807, 2.05) is 13.0 Å². The number of anilines is 1. The third-order valence-electron chi connectivity index (χ3n) is 1.46. The first-order valence-electron chi connectivity index (χ1n) is 3.11. The van der Waals surface area contributed by atoms with Crippen LogP contribution in [0.4, 0.5) is 5.69 Å². The minimum absolute atomic E-state index is 0.655. The van der Waals surface area contributed by atoms with Crippen molar-refractivity contribution >= 4 is 28.3 Å². The van der Waals surface area contributed by atoms with Gasteiger partial charge in [-0.25, -0.2) is 0 Å². The van der Waals surface area contributed by atoms with Crippen molar-refractivity contribution in [3.63, 3.8) is 0 Å². The van der Waals surface area contributed by atoms with Gasteiger partial charge in [-0.05, 0) is 47.2 Å². The largest absolute Gasteiger partial charge is 0.398 e. The van der Waals surface area contributed by atoms with Crippen LogP contribution in [-0.4, -0.2) is 0 Å². The second kappa shape index (κ2) is 3.09. The van der Waals surface area contributed by atoms with Crippen LogP contribution in [0.1, 0.15) is 11.1 Å². The second-order valence-corrected chi connectivity index (χ2v) is 3.46. The number of nitrogens with zero attached hydrogens (tertiary/aromatic N) is 1. The van der Waals surface area contributed by atoms with Crippen molar-refractivity contribution in [2.24, 2.45) is 0 Å². The molecular weight excluding hydrogens is 251 g/mol. The van der Waals surface area contributed by atoms with Crippen LogP contribution in [0.3, 0.4) is 0 Å². The standard InChI is InChI=1S/C8H7IN2/c1-5-2-7(9)8(11)3-6(5)4-10/h2-3H,11H2,1H3. The maximum Gasteiger partial charge on any atom is 0.0995 e. The number of rotatable bonds is 0. The van der Waals surface area contributed by atoms with Crippen LogP contribution in [-0.2, 0) is 0 Å². The molecule has 0 unspecified atom stereocenters. The van der Waals surface area contributed by atoms with E-state index in [1.54, 1.807) is 6.07 Å². The molecule has 1 aromatic carbocycles. The molecule has 0 radical (unpaired) electrons. The fourth-order valence-corrected chi connectivity index (χ4v) is 1.43. The lowest BCUT2D eigenvalue weighted by molar-refractivity contribution is 1.38. The van der Waals surface area contributed by atoms with Gasteiger partial charge in [0.15, 0.2) is 0 Å². The number of aryl methyl sites for hydroxylation is 1. The van der Waals surface area contributed by atoms with Crippen molar-refractivity contribution in [1.29, 1.82) is 5.26 Å². The lowest BCUT2D eigenvalue weighted by atomic mass is 10.1. The van der Waals surface area contributed by atoms with E-state index in [9.17, 15) is 0 Å². The summed E-state index contributed by atoms with van der Waals surface area (Å²) in [4.78, 5) is 0. The third-order valence-corrected chi connectivity index (χ3v) is 2.40. The number of halogens is 1. The molecule has 2 nitrogen and oxygen atoms in total. The van der Waals surface area contributed by atoms with Crippen LogP contribution in [0.15, 0.2) is 12.1 Å². The molecule has 0 aliphatic rings. The van der Waals surface area contributed by atoms with E-state index >= 15 is 0 Å². The predicted octanol–water partition coefficient (Wildman–Crippen LogP) is 2.05. The van der Waals surface area contributed by atoms with Crippen molar-refractivity contribution in [2.75, 3.05) is 5.73 Å². The molecule has 0 fully saturated rings. The van der Waals surface area contributed by atoms with Crippen LogP contribution in [0, 0.1) is 21.8 Å². The third kappa shape index (κ3) is 1.63. The molecule has 2 N–H and O–H groups in total. The molecule has 1 aromatic rings. The molecule has 0 aliphatic carbocycles. The van der Waals surface area contributed by atoms with Gasteiger partial charge in [-0.15, -0.1) is 0 Å². The number of nitrogen functional groups attached to an aromatic ring is 1. The van der Waals surface area contributed by atoms with Gasteiger partial charge in [-0.3, -0.25) is 0 Å². The first-order chi connectivity index (χ1) is 5.15. The van der Waals surface area contributed by atoms with Gasteiger partial charge in [0.25, 0.3) is 0 Å².